The van der Waals surface area contributed by atoms with Crippen LogP contribution < -0.4 is 0 Å². The Balaban J connectivity index is 0.968. The first kappa shape index (κ1) is 47.9. The van der Waals surface area contributed by atoms with E-state index >= 15 is 0 Å². The van der Waals surface area contributed by atoms with E-state index in [1.54, 1.807) is 0 Å². The Morgan fingerprint density at radius 3 is 1.42 bits per heavy atom. The van der Waals surface area contributed by atoms with E-state index in [-0.39, 0.29) is 10.8 Å². The fraction of sp³-hybridized carbons (Fsp3) is 0.0988. The van der Waals surface area contributed by atoms with Gasteiger partial charge in [-0.25, -0.2) is 4.98 Å². The van der Waals surface area contributed by atoms with Crippen LogP contribution in [0.4, 0.5) is 0 Å². The van der Waals surface area contributed by atoms with Crippen molar-refractivity contribution in [3.05, 3.63) is 248 Å². The molecule has 0 unspecified atom stereocenters. The molecular weight excluding hydrogens is 1040 g/mol. The summed E-state index contributed by atoms with van der Waals surface area (Å²) in [6, 6.07) is 86.8. The number of pyridine rings is 1. The Morgan fingerprint density at radius 2 is 0.779 bits per heavy atom. The molecule has 5 nitrogen and oxygen atoms in total. The molecule has 0 aliphatic heterocycles. The Hall–Kier alpha value is -10.5. The van der Waals surface area contributed by atoms with Crippen LogP contribution in [0.1, 0.15) is 52.7 Å². The molecule has 0 radical (unpaired) electrons. The van der Waals surface area contributed by atoms with E-state index in [1.807, 2.05) is 0 Å². The predicted molar refractivity (Wildman–Crippen MR) is 366 cm³/mol. The lowest BCUT2D eigenvalue weighted by Crippen LogP contribution is -2.11. The molecule has 0 bridgehead atoms. The maximum absolute atomic E-state index is 5.85. The third-order valence-corrected chi connectivity index (χ3v) is 19.5. The van der Waals surface area contributed by atoms with Crippen LogP contribution in [0.25, 0.3) is 175 Å². The van der Waals surface area contributed by atoms with Gasteiger partial charge in [-0.2, -0.15) is 0 Å². The lowest BCUT2D eigenvalue weighted by molar-refractivity contribution is 0.591. The van der Waals surface area contributed by atoms with Gasteiger partial charge in [0, 0.05) is 87.1 Å². The van der Waals surface area contributed by atoms with Gasteiger partial charge < -0.3 is 13.5 Å². The van der Waals surface area contributed by atoms with E-state index in [9.17, 15) is 0 Å². The highest BCUT2D eigenvalue weighted by molar-refractivity contribution is 6.39. The van der Waals surface area contributed by atoms with Gasteiger partial charge in [0.25, 0.3) is 0 Å². The minimum atomic E-state index is -0.137. The van der Waals surface area contributed by atoms with Gasteiger partial charge in [-0.3, -0.25) is 4.40 Å². The smallest absolute Gasteiger partial charge is 0.146 e. The van der Waals surface area contributed by atoms with Gasteiger partial charge in [-0.15, -0.1) is 0 Å². The van der Waals surface area contributed by atoms with Gasteiger partial charge in [-0.05, 0) is 152 Å². The van der Waals surface area contributed by atoms with E-state index in [0.717, 1.165) is 22.5 Å². The number of rotatable bonds is 4. The van der Waals surface area contributed by atoms with Crippen molar-refractivity contribution in [3.63, 3.8) is 0 Å². The highest BCUT2D eigenvalue weighted by atomic mass is 15.0. The van der Waals surface area contributed by atoms with E-state index in [4.69, 9.17) is 4.98 Å². The van der Waals surface area contributed by atoms with Gasteiger partial charge >= 0.3 is 0 Å². The van der Waals surface area contributed by atoms with Crippen molar-refractivity contribution in [1.82, 2.24) is 22.9 Å². The molecule has 7 aromatic heterocycles. The maximum atomic E-state index is 5.85. The summed E-state index contributed by atoms with van der Waals surface area (Å²) in [7, 11) is 0. The zero-order chi connectivity index (χ0) is 57.2. The quantitative estimate of drug-likeness (QED) is 0.173. The molecule has 0 aliphatic carbocycles. The van der Waals surface area contributed by atoms with Gasteiger partial charge in [0.1, 0.15) is 5.65 Å². The topological polar surface area (TPSA) is 31.6 Å². The fourth-order valence-electron chi connectivity index (χ4n) is 15.5. The number of aromatic nitrogens is 5. The van der Waals surface area contributed by atoms with Crippen LogP contribution in [-0.2, 0) is 10.8 Å². The molecule has 0 saturated carbocycles. The average Bonchev–Trinajstić information content (AvgIpc) is 1.53. The number of benzene rings is 12. The first-order chi connectivity index (χ1) is 42.0. The van der Waals surface area contributed by atoms with E-state index in [1.165, 1.54) is 164 Å². The van der Waals surface area contributed by atoms with Crippen LogP contribution in [-0.4, -0.2) is 22.9 Å². The predicted octanol–water partition coefficient (Wildman–Crippen LogP) is 21.8. The molecule has 0 saturated heterocycles. The van der Waals surface area contributed by atoms with Gasteiger partial charge in [0.05, 0.1) is 55.8 Å². The third-order valence-electron chi connectivity index (χ3n) is 19.5. The van der Waals surface area contributed by atoms with E-state index in [2.05, 4.69) is 296 Å². The summed E-state index contributed by atoms with van der Waals surface area (Å²) in [6.45, 7) is 14.2. The molecule has 7 heterocycles. The molecule has 0 aliphatic rings. The molecule has 12 aromatic carbocycles. The molecule has 0 spiro atoms. The second-order valence-electron chi connectivity index (χ2n) is 26.3. The summed E-state index contributed by atoms with van der Waals surface area (Å²) in [5.41, 5.74) is 21.3. The van der Waals surface area contributed by atoms with Gasteiger partial charge in [0.2, 0.25) is 0 Å². The summed E-state index contributed by atoms with van der Waals surface area (Å²) in [5, 5.41) is 19.9. The standard InChI is InChI=1S/C81H57N5/c1-80(2,3)50-41-58(48-33-35-68-59(37-48)56-29-17-19-31-66(56)83(68)52-23-9-7-10-24-52)75-64(43-50)72-55-28-16-14-22-47(55)39-63-74-73-65-44-51(81(4,5)6)42-62-61-38-46-21-13-15-27-54(46)71(77(61)85(76(62)65)70(73)45-82-79(74)86(75)78(63)72)49-34-36-69-60(40-49)57-30-18-20-32-67(57)84(69)53-25-11-8-12-26-53/h7-45H,1-6H3. The van der Waals surface area contributed by atoms with E-state index < -0.39 is 0 Å². The Morgan fingerprint density at radius 1 is 0.302 bits per heavy atom. The second kappa shape index (κ2) is 16.6. The summed E-state index contributed by atoms with van der Waals surface area (Å²) in [4.78, 5) is 5.85. The van der Waals surface area contributed by atoms with Crippen LogP contribution in [0.2, 0.25) is 0 Å². The fourth-order valence-corrected chi connectivity index (χ4v) is 15.5. The van der Waals surface area contributed by atoms with Crippen LogP contribution >= 0.6 is 0 Å². The first-order valence-electron chi connectivity index (χ1n) is 30.3. The van der Waals surface area contributed by atoms with Crippen LogP contribution in [0.5, 0.6) is 0 Å². The highest BCUT2D eigenvalue weighted by Gasteiger charge is 2.32. The lowest BCUT2D eigenvalue weighted by atomic mass is 9.83. The zero-order valence-electron chi connectivity index (χ0n) is 48.8. The molecule has 19 aromatic rings. The molecule has 0 N–H and O–H groups in total. The largest absolute Gasteiger partial charge is 0.309 e. The summed E-state index contributed by atoms with van der Waals surface area (Å²) in [5.74, 6) is 0. The second-order valence-corrected chi connectivity index (χ2v) is 26.3. The van der Waals surface area contributed by atoms with Crippen molar-refractivity contribution in [1.29, 1.82) is 0 Å². The van der Waals surface area contributed by atoms with Gasteiger partial charge in [-0.1, -0.05) is 175 Å². The minimum absolute atomic E-state index is 0.129. The Kier molecular flexibility index (Phi) is 9.28. The molecule has 19 rings (SSSR count). The highest BCUT2D eigenvalue weighted by Crippen LogP contribution is 2.53. The van der Waals surface area contributed by atoms with Crippen molar-refractivity contribution in [2.45, 2.75) is 52.4 Å². The molecular formula is C81H57N5. The average molecular weight is 1100 g/mol. The zero-order valence-corrected chi connectivity index (χ0v) is 48.8. The Bertz CT molecular complexity index is 6130. The normalized spacial score (nSPS) is 13.0. The van der Waals surface area contributed by atoms with Crippen LogP contribution in [0.3, 0.4) is 0 Å². The number of hydrogen-bond acceptors (Lipinski definition) is 1. The van der Waals surface area contributed by atoms with Crippen molar-refractivity contribution < 1.29 is 0 Å². The molecule has 0 amide bonds. The maximum Gasteiger partial charge on any atom is 0.146 e. The van der Waals surface area contributed by atoms with E-state index in [0.29, 0.717) is 0 Å². The van der Waals surface area contributed by atoms with Gasteiger partial charge in [0.15, 0.2) is 0 Å². The van der Waals surface area contributed by atoms with Crippen molar-refractivity contribution in [2.24, 2.45) is 0 Å². The molecule has 0 atom stereocenters. The summed E-state index contributed by atoms with van der Waals surface area (Å²) < 4.78 is 10.0. The van der Waals surface area contributed by atoms with Crippen molar-refractivity contribution in [3.8, 4) is 33.6 Å². The minimum Gasteiger partial charge on any atom is -0.309 e. The van der Waals surface area contributed by atoms with Crippen LogP contribution in [0, 0.1) is 0 Å². The van der Waals surface area contributed by atoms with Crippen LogP contribution in [0.15, 0.2) is 237 Å². The van der Waals surface area contributed by atoms with Crippen molar-refractivity contribution in [2.75, 3.05) is 0 Å². The molecule has 406 valence electrons. The number of hydrogen-bond donors (Lipinski definition) is 0. The van der Waals surface area contributed by atoms with Crippen molar-refractivity contribution >= 4 is 141 Å². The molecule has 0 fully saturated rings. The molecule has 86 heavy (non-hydrogen) atoms. The first-order valence-corrected chi connectivity index (χ1v) is 30.3. The SMILES string of the molecule is CC(C)(C)c1cc(-c2ccc3c(c2)c2ccccc2n3-c2ccccc2)c2c(c1)c1c3ccccc3cc3c4c5c6cc(C(C)(C)C)cc7c8cc9ccccc9c(-c9ccc%10c(c9)c9ccccc9n%10-c9ccccc9)c8n(c5cnc4n2c31)c76. The number of para-hydroxylation sites is 4. The third kappa shape index (κ3) is 6.26. The Labute approximate surface area is 495 Å². The monoisotopic (exact) mass is 1100 g/mol. The molecule has 5 heteroatoms. The lowest BCUT2D eigenvalue weighted by Gasteiger charge is -2.21. The summed E-state index contributed by atoms with van der Waals surface area (Å²) >= 11 is 0. The summed E-state index contributed by atoms with van der Waals surface area (Å²) in [6.07, 6.45) is 2.22. The number of fused-ring (bicyclic) bond motifs is 22. The number of nitrogens with zero attached hydrogens (tertiary/aromatic N) is 5.